The molecule has 1 saturated heterocycles. The summed E-state index contributed by atoms with van der Waals surface area (Å²) in [6.07, 6.45) is 1.65. The molecular weight excluding hydrogens is 342 g/mol. The van der Waals surface area contributed by atoms with Crippen LogP contribution in [0.15, 0.2) is 36.5 Å². The normalized spacial score (nSPS) is 14.7. The molecule has 1 aromatic heterocycles. The van der Waals surface area contributed by atoms with Gasteiger partial charge in [0.1, 0.15) is 11.3 Å². The van der Waals surface area contributed by atoms with E-state index < -0.39 is 5.60 Å². The number of carbonyl (C=O) groups is 1. The van der Waals surface area contributed by atoms with Crippen LogP contribution in [0.25, 0.3) is 16.1 Å². The Hall–Kier alpha value is -3.01. The lowest BCUT2D eigenvalue weighted by Gasteiger charge is -2.36. The van der Waals surface area contributed by atoms with Crippen LogP contribution in [0, 0.1) is 6.57 Å². The average molecular weight is 367 g/mol. The molecule has 0 radical (unpaired) electrons. The van der Waals surface area contributed by atoms with Crippen molar-refractivity contribution < 1.29 is 9.53 Å². The lowest BCUT2D eigenvalue weighted by Crippen LogP contribution is -2.50. The SMILES string of the molecule is [C-]#[N+]Cn1cc(N2CCN(C(=O)OC(C)(C)C)CC2)c(-c2ccccc2)n1. The molecule has 7 heteroatoms. The molecule has 27 heavy (non-hydrogen) atoms. The zero-order chi connectivity index (χ0) is 19.4. The van der Waals surface area contributed by atoms with E-state index in [1.54, 1.807) is 9.58 Å². The Morgan fingerprint density at radius 1 is 1.19 bits per heavy atom. The first kappa shape index (κ1) is 18.8. The number of carbonyl (C=O) groups excluding carboxylic acids is 1. The maximum atomic E-state index is 12.3. The van der Waals surface area contributed by atoms with E-state index >= 15 is 0 Å². The van der Waals surface area contributed by atoms with Crippen molar-refractivity contribution in [3.05, 3.63) is 47.9 Å². The summed E-state index contributed by atoms with van der Waals surface area (Å²) in [6, 6.07) is 9.97. The molecule has 1 fully saturated rings. The van der Waals surface area contributed by atoms with Crippen molar-refractivity contribution >= 4 is 11.8 Å². The largest absolute Gasteiger partial charge is 0.444 e. The summed E-state index contributed by atoms with van der Waals surface area (Å²) in [5, 5.41) is 4.60. The van der Waals surface area contributed by atoms with Gasteiger partial charge >= 0.3 is 12.8 Å². The van der Waals surface area contributed by atoms with Crippen molar-refractivity contribution in [3.8, 4) is 11.3 Å². The maximum Gasteiger partial charge on any atom is 0.410 e. The fourth-order valence-corrected chi connectivity index (χ4v) is 3.05. The third-order valence-corrected chi connectivity index (χ3v) is 4.28. The van der Waals surface area contributed by atoms with Gasteiger partial charge in [0, 0.05) is 31.7 Å². The van der Waals surface area contributed by atoms with Crippen LogP contribution in [0.3, 0.4) is 0 Å². The fraction of sp³-hybridized carbons (Fsp3) is 0.450. The lowest BCUT2D eigenvalue weighted by atomic mass is 10.1. The van der Waals surface area contributed by atoms with E-state index in [2.05, 4.69) is 14.8 Å². The number of aromatic nitrogens is 2. The number of benzene rings is 1. The van der Waals surface area contributed by atoms with Crippen LogP contribution in [0.5, 0.6) is 0 Å². The molecule has 0 bridgehead atoms. The highest BCUT2D eigenvalue weighted by Gasteiger charge is 2.28. The topological polar surface area (TPSA) is 55.0 Å². The molecule has 0 spiro atoms. The van der Waals surface area contributed by atoms with E-state index in [-0.39, 0.29) is 12.8 Å². The van der Waals surface area contributed by atoms with Gasteiger partial charge < -0.3 is 14.5 Å². The summed E-state index contributed by atoms with van der Waals surface area (Å²) in [5.41, 5.74) is 2.39. The number of nitrogens with zero attached hydrogens (tertiary/aromatic N) is 5. The van der Waals surface area contributed by atoms with Crippen molar-refractivity contribution in [1.29, 1.82) is 0 Å². The first-order valence-corrected chi connectivity index (χ1v) is 9.06. The first-order chi connectivity index (χ1) is 12.9. The van der Waals surface area contributed by atoms with Crippen molar-refractivity contribution in [2.24, 2.45) is 0 Å². The Morgan fingerprint density at radius 3 is 2.44 bits per heavy atom. The van der Waals surface area contributed by atoms with Crippen molar-refractivity contribution in [1.82, 2.24) is 14.7 Å². The van der Waals surface area contributed by atoms with Crippen molar-refractivity contribution in [2.45, 2.75) is 33.0 Å². The number of amides is 1. The van der Waals surface area contributed by atoms with Crippen LogP contribution in [-0.2, 0) is 11.4 Å². The molecule has 1 aromatic carbocycles. The van der Waals surface area contributed by atoms with E-state index in [9.17, 15) is 4.79 Å². The third-order valence-electron chi connectivity index (χ3n) is 4.28. The molecule has 2 aromatic rings. The Labute approximate surface area is 160 Å². The summed E-state index contributed by atoms with van der Waals surface area (Å²) in [4.78, 5) is 19.7. The Balaban J connectivity index is 1.76. The molecule has 0 aliphatic carbocycles. The van der Waals surface area contributed by atoms with E-state index in [0.29, 0.717) is 26.2 Å². The Morgan fingerprint density at radius 2 is 1.85 bits per heavy atom. The van der Waals surface area contributed by atoms with Crippen LogP contribution in [-0.4, -0.2) is 52.6 Å². The molecule has 2 heterocycles. The fourth-order valence-electron chi connectivity index (χ4n) is 3.05. The molecule has 1 aliphatic rings. The van der Waals surface area contributed by atoms with Gasteiger partial charge in [0.15, 0.2) is 0 Å². The number of piperazine rings is 1. The van der Waals surface area contributed by atoms with Crippen molar-refractivity contribution in [3.63, 3.8) is 0 Å². The molecule has 0 N–H and O–H groups in total. The number of hydrogen-bond donors (Lipinski definition) is 0. The molecule has 3 rings (SSSR count). The van der Waals surface area contributed by atoms with Crippen LogP contribution in [0.4, 0.5) is 10.5 Å². The zero-order valence-corrected chi connectivity index (χ0v) is 16.1. The zero-order valence-electron chi connectivity index (χ0n) is 16.1. The van der Waals surface area contributed by atoms with Gasteiger partial charge in [0.25, 0.3) is 0 Å². The summed E-state index contributed by atoms with van der Waals surface area (Å²) in [5.74, 6) is 0. The predicted octanol–water partition coefficient (Wildman–Crippen LogP) is 3.48. The molecule has 0 unspecified atom stereocenters. The molecule has 142 valence electrons. The lowest BCUT2D eigenvalue weighted by molar-refractivity contribution is 0.0240. The van der Waals surface area contributed by atoms with E-state index in [0.717, 1.165) is 16.9 Å². The number of hydrogen-bond acceptors (Lipinski definition) is 4. The molecule has 1 aliphatic heterocycles. The third kappa shape index (κ3) is 4.59. The highest BCUT2D eigenvalue weighted by Crippen LogP contribution is 2.30. The van der Waals surface area contributed by atoms with Gasteiger partial charge in [-0.3, -0.25) is 4.85 Å². The molecular formula is C20H25N5O2. The van der Waals surface area contributed by atoms with Crippen molar-refractivity contribution in [2.75, 3.05) is 31.1 Å². The van der Waals surface area contributed by atoms with E-state index in [1.807, 2.05) is 57.3 Å². The van der Waals surface area contributed by atoms with Gasteiger partial charge in [0.2, 0.25) is 0 Å². The van der Waals surface area contributed by atoms with Crippen LogP contribution in [0.1, 0.15) is 20.8 Å². The highest BCUT2D eigenvalue weighted by atomic mass is 16.6. The van der Waals surface area contributed by atoms with Gasteiger partial charge in [0.05, 0.1) is 11.9 Å². The van der Waals surface area contributed by atoms with E-state index in [1.165, 1.54) is 0 Å². The minimum absolute atomic E-state index is 0.192. The van der Waals surface area contributed by atoms with Crippen LogP contribution >= 0.6 is 0 Å². The number of anilines is 1. The second-order valence-electron chi connectivity index (χ2n) is 7.52. The van der Waals surface area contributed by atoms with Crippen LogP contribution < -0.4 is 4.90 Å². The van der Waals surface area contributed by atoms with Gasteiger partial charge in [-0.25, -0.2) is 11.4 Å². The number of ether oxygens (including phenoxy) is 1. The summed E-state index contributed by atoms with van der Waals surface area (Å²) in [6.45, 7) is 15.5. The van der Waals surface area contributed by atoms with Gasteiger partial charge in [-0.05, 0) is 20.8 Å². The van der Waals surface area contributed by atoms with Gasteiger partial charge in [-0.1, -0.05) is 30.3 Å². The second kappa shape index (κ2) is 7.70. The quantitative estimate of drug-likeness (QED) is 0.780. The van der Waals surface area contributed by atoms with Gasteiger partial charge in [-0.2, -0.15) is 9.78 Å². The second-order valence-corrected chi connectivity index (χ2v) is 7.52. The minimum atomic E-state index is -0.490. The standard InChI is InChI=1S/C20H25N5O2/c1-20(2,3)27-19(26)24-12-10-23(11-13-24)17-14-25(15-21-4)22-18(17)16-8-6-5-7-9-16/h5-9,14H,10-13,15H2,1-3H3. The summed E-state index contributed by atoms with van der Waals surface area (Å²) < 4.78 is 7.14. The van der Waals surface area contributed by atoms with Gasteiger partial charge in [-0.15, -0.1) is 0 Å². The van der Waals surface area contributed by atoms with Crippen LogP contribution in [0.2, 0.25) is 0 Å². The maximum absolute atomic E-state index is 12.3. The highest BCUT2D eigenvalue weighted by molar-refractivity contribution is 5.75. The molecule has 0 atom stereocenters. The predicted molar refractivity (Wildman–Crippen MR) is 104 cm³/mol. The Bertz CT molecular complexity index is 824. The number of rotatable bonds is 3. The smallest absolute Gasteiger partial charge is 0.410 e. The monoisotopic (exact) mass is 367 g/mol. The molecule has 7 nitrogen and oxygen atoms in total. The molecule has 1 amide bonds. The first-order valence-electron chi connectivity index (χ1n) is 9.06. The summed E-state index contributed by atoms with van der Waals surface area (Å²) >= 11 is 0. The van der Waals surface area contributed by atoms with E-state index in [4.69, 9.17) is 11.3 Å². The molecule has 0 saturated carbocycles. The Kier molecular flexibility index (Phi) is 5.36. The average Bonchev–Trinajstić information content (AvgIpc) is 3.05. The minimum Gasteiger partial charge on any atom is -0.444 e. The summed E-state index contributed by atoms with van der Waals surface area (Å²) in [7, 11) is 0.